The first-order valence-corrected chi connectivity index (χ1v) is 9.62. The molecule has 6 heteroatoms. The van der Waals surface area contributed by atoms with Crippen molar-refractivity contribution in [3.05, 3.63) is 59.0 Å². The summed E-state index contributed by atoms with van der Waals surface area (Å²) in [5, 5.41) is 4.26. The number of fused-ring (bicyclic) bond motifs is 1. The van der Waals surface area contributed by atoms with Gasteiger partial charge in [-0.15, -0.1) is 11.3 Å². The summed E-state index contributed by atoms with van der Waals surface area (Å²) in [4.78, 5) is 18.0. The van der Waals surface area contributed by atoms with Crippen molar-refractivity contribution in [2.75, 3.05) is 19.7 Å². The summed E-state index contributed by atoms with van der Waals surface area (Å²) < 4.78 is 11.3. The highest BCUT2D eigenvalue weighted by atomic mass is 32.1. The van der Waals surface area contributed by atoms with E-state index < -0.39 is 0 Å². The van der Waals surface area contributed by atoms with Crippen LogP contribution in [0.3, 0.4) is 0 Å². The van der Waals surface area contributed by atoms with Crippen LogP contribution in [0.25, 0.3) is 10.8 Å². The second-order valence-electron chi connectivity index (χ2n) is 6.46. The summed E-state index contributed by atoms with van der Waals surface area (Å²) >= 11 is 1.50. The first-order chi connectivity index (χ1) is 12.8. The predicted octanol–water partition coefficient (Wildman–Crippen LogP) is 4.33. The standard InChI is InChI=1S/C20H20N2O3S/c23-20(25-12-18-13-26-14-21-18)22-8-7-15(10-22)11-24-19-6-5-16-3-1-2-4-17(16)9-19/h1-6,9,13-15H,7-8,10-12H2. The van der Waals surface area contributed by atoms with Gasteiger partial charge in [-0.2, -0.15) is 0 Å². The van der Waals surface area contributed by atoms with Crippen molar-refractivity contribution >= 4 is 28.2 Å². The molecule has 1 aromatic heterocycles. The number of rotatable bonds is 5. The lowest BCUT2D eigenvalue weighted by Crippen LogP contribution is -2.30. The number of ether oxygens (including phenoxy) is 2. The quantitative estimate of drug-likeness (QED) is 0.672. The van der Waals surface area contributed by atoms with Crippen molar-refractivity contribution in [2.45, 2.75) is 13.0 Å². The summed E-state index contributed by atoms with van der Waals surface area (Å²) in [5.74, 6) is 1.20. The Bertz CT molecular complexity index is 882. The Morgan fingerprint density at radius 3 is 2.96 bits per heavy atom. The lowest BCUT2D eigenvalue weighted by atomic mass is 10.1. The van der Waals surface area contributed by atoms with E-state index >= 15 is 0 Å². The van der Waals surface area contributed by atoms with E-state index in [-0.39, 0.29) is 12.7 Å². The molecule has 4 rings (SSSR count). The van der Waals surface area contributed by atoms with Crippen molar-refractivity contribution in [1.29, 1.82) is 0 Å². The van der Waals surface area contributed by atoms with Crippen molar-refractivity contribution in [3.63, 3.8) is 0 Å². The van der Waals surface area contributed by atoms with Gasteiger partial charge >= 0.3 is 6.09 Å². The van der Waals surface area contributed by atoms with Gasteiger partial charge in [0.25, 0.3) is 0 Å². The number of nitrogens with zero attached hydrogens (tertiary/aromatic N) is 2. The molecule has 5 nitrogen and oxygen atoms in total. The third-order valence-corrected chi connectivity index (χ3v) is 5.21. The molecule has 1 aliphatic rings. The maximum absolute atomic E-state index is 12.1. The fourth-order valence-electron chi connectivity index (χ4n) is 3.14. The van der Waals surface area contributed by atoms with Crippen LogP contribution in [0, 0.1) is 5.92 Å². The molecule has 0 aliphatic carbocycles. The maximum Gasteiger partial charge on any atom is 0.410 e. The Kier molecular flexibility index (Phi) is 5.02. The van der Waals surface area contributed by atoms with E-state index in [9.17, 15) is 4.79 Å². The van der Waals surface area contributed by atoms with Gasteiger partial charge in [0.1, 0.15) is 12.4 Å². The Labute approximate surface area is 156 Å². The number of carbonyl (C=O) groups excluding carboxylic acids is 1. The molecule has 1 fully saturated rings. The van der Waals surface area contributed by atoms with Crippen molar-refractivity contribution in [2.24, 2.45) is 5.92 Å². The number of benzene rings is 2. The molecule has 0 N–H and O–H groups in total. The van der Waals surface area contributed by atoms with Gasteiger partial charge < -0.3 is 14.4 Å². The SMILES string of the molecule is O=C(OCc1cscn1)N1CCC(COc2ccc3ccccc3c2)C1. The van der Waals surface area contributed by atoms with Crippen LogP contribution in [0.2, 0.25) is 0 Å². The number of hydrogen-bond donors (Lipinski definition) is 0. The van der Waals surface area contributed by atoms with Gasteiger partial charge in [-0.1, -0.05) is 30.3 Å². The van der Waals surface area contributed by atoms with E-state index in [2.05, 4.69) is 29.2 Å². The minimum absolute atomic E-state index is 0.233. The van der Waals surface area contributed by atoms with E-state index in [1.54, 1.807) is 10.4 Å². The molecule has 2 aromatic carbocycles. The van der Waals surface area contributed by atoms with Gasteiger partial charge in [0.15, 0.2) is 0 Å². The molecular formula is C20H20N2O3S. The zero-order valence-electron chi connectivity index (χ0n) is 14.3. The lowest BCUT2D eigenvalue weighted by Gasteiger charge is -2.16. The highest BCUT2D eigenvalue weighted by Crippen LogP contribution is 2.23. The zero-order chi connectivity index (χ0) is 17.8. The average Bonchev–Trinajstić information content (AvgIpc) is 3.36. The molecule has 2 heterocycles. The summed E-state index contributed by atoms with van der Waals surface area (Å²) in [6.45, 7) is 2.22. The molecule has 0 bridgehead atoms. The van der Waals surface area contributed by atoms with E-state index in [1.807, 2.05) is 23.6 Å². The molecule has 1 unspecified atom stereocenters. The number of aromatic nitrogens is 1. The van der Waals surface area contributed by atoms with Gasteiger partial charge in [-0.3, -0.25) is 0 Å². The molecule has 26 heavy (non-hydrogen) atoms. The third-order valence-electron chi connectivity index (χ3n) is 4.58. The minimum atomic E-state index is -0.272. The second-order valence-corrected chi connectivity index (χ2v) is 7.17. The molecular weight excluding hydrogens is 348 g/mol. The van der Waals surface area contributed by atoms with Gasteiger partial charge in [0.05, 0.1) is 17.8 Å². The average molecular weight is 368 g/mol. The number of carbonyl (C=O) groups is 1. The van der Waals surface area contributed by atoms with Crippen LogP contribution in [0.15, 0.2) is 53.4 Å². The summed E-state index contributed by atoms with van der Waals surface area (Å²) in [7, 11) is 0. The molecule has 134 valence electrons. The minimum Gasteiger partial charge on any atom is -0.493 e. The Hall–Kier alpha value is -2.60. The molecule has 1 aliphatic heterocycles. The Balaban J connectivity index is 1.26. The summed E-state index contributed by atoms with van der Waals surface area (Å²) in [5.41, 5.74) is 2.53. The van der Waals surface area contributed by atoms with Crippen LogP contribution < -0.4 is 4.74 Å². The van der Waals surface area contributed by atoms with Crippen molar-refractivity contribution < 1.29 is 14.3 Å². The summed E-state index contributed by atoms with van der Waals surface area (Å²) in [6, 6.07) is 14.4. The number of hydrogen-bond acceptors (Lipinski definition) is 5. The zero-order valence-corrected chi connectivity index (χ0v) is 15.2. The largest absolute Gasteiger partial charge is 0.493 e. The molecule has 1 saturated heterocycles. The van der Waals surface area contributed by atoms with Crippen LogP contribution >= 0.6 is 11.3 Å². The van der Waals surface area contributed by atoms with Gasteiger partial charge in [0.2, 0.25) is 0 Å². The van der Waals surface area contributed by atoms with Crippen molar-refractivity contribution in [1.82, 2.24) is 9.88 Å². The third kappa shape index (κ3) is 3.96. The van der Waals surface area contributed by atoms with E-state index in [1.165, 1.54) is 22.1 Å². The number of likely N-dealkylation sites (tertiary alicyclic amines) is 1. The van der Waals surface area contributed by atoms with Crippen LogP contribution in [0.4, 0.5) is 4.79 Å². The monoisotopic (exact) mass is 368 g/mol. The van der Waals surface area contributed by atoms with E-state index in [0.29, 0.717) is 25.6 Å². The van der Waals surface area contributed by atoms with E-state index in [0.717, 1.165) is 17.9 Å². The highest BCUT2D eigenvalue weighted by molar-refractivity contribution is 7.07. The smallest absolute Gasteiger partial charge is 0.410 e. The Morgan fingerprint density at radius 2 is 2.12 bits per heavy atom. The van der Waals surface area contributed by atoms with Crippen LogP contribution in [0.1, 0.15) is 12.1 Å². The molecule has 1 atom stereocenters. The molecule has 0 radical (unpaired) electrons. The summed E-state index contributed by atoms with van der Waals surface area (Å²) in [6.07, 6.45) is 0.658. The maximum atomic E-state index is 12.1. The second kappa shape index (κ2) is 7.74. The predicted molar refractivity (Wildman–Crippen MR) is 101 cm³/mol. The van der Waals surface area contributed by atoms with E-state index in [4.69, 9.17) is 9.47 Å². The van der Waals surface area contributed by atoms with Crippen molar-refractivity contribution in [3.8, 4) is 5.75 Å². The molecule has 3 aromatic rings. The molecule has 0 saturated carbocycles. The number of amides is 1. The van der Waals surface area contributed by atoms with Crippen LogP contribution in [-0.4, -0.2) is 35.7 Å². The highest BCUT2D eigenvalue weighted by Gasteiger charge is 2.27. The lowest BCUT2D eigenvalue weighted by molar-refractivity contribution is 0.101. The van der Waals surface area contributed by atoms with Gasteiger partial charge in [0, 0.05) is 24.4 Å². The first kappa shape index (κ1) is 16.8. The fraction of sp³-hybridized carbons (Fsp3) is 0.300. The van der Waals surface area contributed by atoms with Crippen LogP contribution in [0.5, 0.6) is 5.75 Å². The number of thiazole rings is 1. The van der Waals surface area contributed by atoms with Gasteiger partial charge in [-0.05, 0) is 29.3 Å². The normalized spacial score (nSPS) is 16.8. The fourth-order valence-corrected chi connectivity index (χ4v) is 3.68. The van der Waals surface area contributed by atoms with Crippen LogP contribution in [-0.2, 0) is 11.3 Å². The molecule has 1 amide bonds. The Morgan fingerprint density at radius 1 is 1.23 bits per heavy atom. The topological polar surface area (TPSA) is 51.7 Å². The first-order valence-electron chi connectivity index (χ1n) is 8.68. The van der Waals surface area contributed by atoms with Gasteiger partial charge in [-0.25, -0.2) is 9.78 Å². The molecule has 0 spiro atoms.